The molecule has 0 saturated heterocycles. The molecule has 4 unspecified atom stereocenters. The Balaban J connectivity index is 2.00. The van der Waals surface area contributed by atoms with Gasteiger partial charge in [-0.05, 0) is 37.5 Å². The van der Waals surface area contributed by atoms with Crippen LogP contribution in [0.4, 0.5) is 0 Å². The summed E-state index contributed by atoms with van der Waals surface area (Å²) in [5.74, 6) is 2.48. The molecule has 1 aromatic heterocycles. The van der Waals surface area contributed by atoms with Gasteiger partial charge < -0.3 is 5.32 Å². The highest BCUT2D eigenvalue weighted by molar-refractivity contribution is 7.09. The lowest BCUT2D eigenvalue weighted by molar-refractivity contribution is 0.161. The number of thiazole rings is 1. The predicted molar refractivity (Wildman–Crippen MR) is 78.8 cm³/mol. The lowest BCUT2D eigenvalue weighted by Crippen LogP contribution is -2.43. The largest absolute Gasteiger partial charge is 0.306 e. The highest BCUT2D eigenvalue weighted by Crippen LogP contribution is 2.34. The Kier molecular flexibility index (Phi) is 4.79. The van der Waals surface area contributed by atoms with E-state index >= 15 is 0 Å². The third kappa shape index (κ3) is 3.33. The molecule has 0 amide bonds. The van der Waals surface area contributed by atoms with Crippen LogP contribution >= 0.6 is 11.3 Å². The van der Waals surface area contributed by atoms with Crippen molar-refractivity contribution in [1.29, 1.82) is 0 Å². The van der Waals surface area contributed by atoms with E-state index in [2.05, 4.69) is 38.0 Å². The number of hydrogen-bond acceptors (Lipinski definition) is 3. The fraction of sp³-hybridized carbons (Fsp3) is 0.800. The van der Waals surface area contributed by atoms with Crippen LogP contribution in [0, 0.1) is 17.8 Å². The van der Waals surface area contributed by atoms with Crippen LogP contribution in [0.5, 0.6) is 0 Å². The molecule has 1 heterocycles. The van der Waals surface area contributed by atoms with Crippen molar-refractivity contribution in [3.8, 4) is 0 Å². The summed E-state index contributed by atoms with van der Waals surface area (Å²) in [5, 5.41) is 3.85. The fourth-order valence-electron chi connectivity index (χ4n) is 3.24. The molecule has 2 nitrogen and oxygen atoms in total. The van der Waals surface area contributed by atoms with Gasteiger partial charge in [-0.15, -0.1) is 11.3 Å². The highest BCUT2D eigenvalue weighted by Gasteiger charge is 2.31. The molecular formula is C15H26N2S. The lowest BCUT2D eigenvalue weighted by Gasteiger charge is -2.39. The monoisotopic (exact) mass is 266 g/mol. The van der Waals surface area contributed by atoms with Crippen molar-refractivity contribution in [2.75, 3.05) is 0 Å². The van der Waals surface area contributed by atoms with E-state index in [4.69, 9.17) is 0 Å². The Morgan fingerprint density at radius 3 is 2.72 bits per heavy atom. The molecule has 0 spiro atoms. The number of rotatable bonds is 4. The molecule has 1 aliphatic rings. The molecule has 0 aromatic carbocycles. The average molecular weight is 266 g/mol. The van der Waals surface area contributed by atoms with E-state index in [1.165, 1.54) is 24.1 Å². The zero-order valence-electron chi connectivity index (χ0n) is 12.0. The van der Waals surface area contributed by atoms with Gasteiger partial charge in [-0.3, -0.25) is 4.98 Å². The summed E-state index contributed by atoms with van der Waals surface area (Å²) in [6, 6.07) is 1.11. The van der Waals surface area contributed by atoms with E-state index in [0.717, 1.165) is 17.8 Å². The van der Waals surface area contributed by atoms with Crippen LogP contribution in [-0.4, -0.2) is 11.0 Å². The van der Waals surface area contributed by atoms with Crippen LogP contribution in [0.2, 0.25) is 0 Å². The normalized spacial score (nSPS) is 30.6. The van der Waals surface area contributed by atoms with Gasteiger partial charge in [0.25, 0.3) is 0 Å². The summed E-state index contributed by atoms with van der Waals surface area (Å²) < 4.78 is 0. The van der Waals surface area contributed by atoms with E-state index in [-0.39, 0.29) is 0 Å². The second-order valence-electron chi connectivity index (χ2n) is 6.22. The molecule has 2 rings (SSSR count). The third-order valence-electron chi connectivity index (χ3n) is 4.36. The van der Waals surface area contributed by atoms with Gasteiger partial charge in [-0.25, -0.2) is 0 Å². The van der Waals surface area contributed by atoms with Crippen LogP contribution < -0.4 is 5.32 Å². The molecule has 0 radical (unpaired) electrons. The maximum absolute atomic E-state index is 4.18. The van der Waals surface area contributed by atoms with E-state index in [0.29, 0.717) is 12.1 Å². The van der Waals surface area contributed by atoms with Gasteiger partial charge in [0.1, 0.15) is 0 Å². The summed E-state index contributed by atoms with van der Waals surface area (Å²) >= 11 is 1.76. The second kappa shape index (κ2) is 6.16. The van der Waals surface area contributed by atoms with Crippen LogP contribution in [-0.2, 0) is 0 Å². The molecule has 18 heavy (non-hydrogen) atoms. The first-order valence-electron chi connectivity index (χ1n) is 7.22. The van der Waals surface area contributed by atoms with Gasteiger partial charge in [0.2, 0.25) is 0 Å². The number of hydrogen-bond donors (Lipinski definition) is 1. The maximum atomic E-state index is 4.18. The molecule has 102 valence electrons. The Bertz CT molecular complexity index is 347. The van der Waals surface area contributed by atoms with Gasteiger partial charge >= 0.3 is 0 Å². The third-order valence-corrected chi connectivity index (χ3v) is 5.32. The van der Waals surface area contributed by atoms with Crippen molar-refractivity contribution >= 4 is 11.3 Å². The molecule has 0 bridgehead atoms. The standard InChI is InChI=1S/C15H26N2S/c1-10(2)13-6-5-11(3)7-14(13)17-12(4)15-8-16-9-18-15/h8-14,17H,5-7H2,1-4H3. The fourth-order valence-corrected chi connectivity index (χ4v) is 3.87. The van der Waals surface area contributed by atoms with Gasteiger partial charge in [0, 0.05) is 23.2 Å². The van der Waals surface area contributed by atoms with Crippen molar-refractivity contribution in [2.24, 2.45) is 17.8 Å². The topological polar surface area (TPSA) is 24.9 Å². The molecule has 1 fully saturated rings. The van der Waals surface area contributed by atoms with Crippen LogP contribution in [0.15, 0.2) is 11.7 Å². The Morgan fingerprint density at radius 2 is 2.11 bits per heavy atom. The first-order valence-corrected chi connectivity index (χ1v) is 8.10. The van der Waals surface area contributed by atoms with Gasteiger partial charge in [-0.2, -0.15) is 0 Å². The Labute approximate surface area is 115 Å². The molecular weight excluding hydrogens is 240 g/mol. The SMILES string of the molecule is CC1CCC(C(C)C)C(NC(C)c2cncs2)C1. The Morgan fingerprint density at radius 1 is 1.33 bits per heavy atom. The minimum Gasteiger partial charge on any atom is -0.306 e. The van der Waals surface area contributed by atoms with E-state index in [1.54, 1.807) is 11.3 Å². The number of nitrogens with one attached hydrogen (secondary N) is 1. The average Bonchev–Trinajstić information content (AvgIpc) is 2.81. The smallest absolute Gasteiger partial charge is 0.0794 e. The summed E-state index contributed by atoms with van der Waals surface area (Å²) in [6.07, 6.45) is 6.10. The van der Waals surface area contributed by atoms with Crippen molar-refractivity contribution in [1.82, 2.24) is 10.3 Å². The van der Waals surface area contributed by atoms with E-state index in [9.17, 15) is 0 Å². The Hall–Kier alpha value is -0.410. The van der Waals surface area contributed by atoms with Gasteiger partial charge in [-0.1, -0.05) is 27.2 Å². The minimum atomic E-state index is 0.439. The summed E-state index contributed by atoms with van der Waals surface area (Å²) in [5.41, 5.74) is 1.93. The van der Waals surface area contributed by atoms with E-state index < -0.39 is 0 Å². The maximum Gasteiger partial charge on any atom is 0.0794 e. The van der Waals surface area contributed by atoms with Crippen molar-refractivity contribution in [3.63, 3.8) is 0 Å². The number of aromatic nitrogens is 1. The van der Waals surface area contributed by atoms with Crippen molar-refractivity contribution < 1.29 is 0 Å². The van der Waals surface area contributed by atoms with Gasteiger partial charge in [0.05, 0.1) is 5.51 Å². The first kappa shape index (κ1) is 14.0. The first-order chi connectivity index (χ1) is 8.58. The minimum absolute atomic E-state index is 0.439. The molecule has 1 aliphatic carbocycles. The highest BCUT2D eigenvalue weighted by atomic mass is 32.1. The summed E-state index contributed by atoms with van der Waals surface area (Å²) in [7, 11) is 0. The zero-order chi connectivity index (χ0) is 13.1. The molecule has 4 atom stereocenters. The van der Waals surface area contributed by atoms with Crippen LogP contribution in [0.1, 0.15) is 57.9 Å². The quantitative estimate of drug-likeness (QED) is 0.881. The van der Waals surface area contributed by atoms with Gasteiger partial charge in [0.15, 0.2) is 0 Å². The molecule has 3 heteroatoms. The van der Waals surface area contributed by atoms with E-state index in [1.807, 2.05) is 11.7 Å². The van der Waals surface area contributed by atoms with Crippen LogP contribution in [0.3, 0.4) is 0 Å². The van der Waals surface area contributed by atoms with Crippen molar-refractivity contribution in [3.05, 3.63) is 16.6 Å². The molecule has 1 N–H and O–H groups in total. The van der Waals surface area contributed by atoms with Crippen molar-refractivity contribution in [2.45, 2.75) is 59.0 Å². The predicted octanol–water partition coefficient (Wildman–Crippen LogP) is 4.25. The summed E-state index contributed by atoms with van der Waals surface area (Å²) in [6.45, 7) is 9.39. The summed E-state index contributed by atoms with van der Waals surface area (Å²) in [4.78, 5) is 5.54. The molecule has 1 aromatic rings. The second-order valence-corrected chi connectivity index (χ2v) is 7.14. The van der Waals surface area contributed by atoms with Crippen LogP contribution in [0.25, 0.3) is 0 Å². The zero-order valence-corrected chi connectivity index (χ0v) is 12.8. The number of nitrogens with zero attached hydrogens (tertiary/aromatic N) is 1. The lowest BCUT2D eigenvalue weighted by atomic mass is 9.74. The molecule has 1 saturated carbocycles. The molecule has 0 aliphatic heterocycles.